The summed E-state index contributed by atoms with van der Waals surface area (Å²) in [5.74, 6) is -2.36. The molecule has 0 unspecified atom stereocenters. The molecule has 1 saturated carbocycles. The van der Waals surface area contributed by atoms with Crippen molar-refractivity contribution in [3.05, 3.63) is 35.4 Å². The molecule has 4 nitrogen and oxygen atoms in total. The van der Waals surface area contributed by atoms with Crippen LogP contribution >= 0.6 is 0 Å². The molecule has 21 heavy (non-hydrogen) atoms. The van der Waals surface area contributed by atoms with Gasteiger partial charge in [0.15, 0.2) is 0 Å². The van der Waals surface area contributed by atoms with Crippen LogP contribution in [0.4, 0.5) is 13.2 Å². The standard InChI is InChI=1S/C14H14F3NO3/c15-14(16,17)9-3-1-8(2-4-9)5-6-18-12(19)10-7-11(10)13(20)21/h1-4,10-11H,5-7H2,(H,18,19)(H,20,21)/t10-,11-/m0/s1. The Morgan fingerprint density at radius 1 is 1.19 bits per heavy atom. The summed E-state index contributed by atoms with van der Waals surface area (Å²) in [4.78, 5) is 22.2. The van der Waals surface area contributed by atoms with Crippen LogP contribution < -0.4 is 5.32 Å². The number of nitrogens with one attached hydrogen (secondary N) is 1. The number of amides is 1. The SMILES string of the molecule is O=C(O)[C@H]1C[C@@H]1C(=O)NCCc1ccc(C(F)(F)F)cc1. The maximum atomic E-state index is 12.4. The fourth-order valence-corrected chi connectivity index (χ4v) is 2.08. The number of carboxylic acids is 1. The number of benzene rings is 1. The average molecular weight is 301 g/mol. The number of carboxylic acid groups (broad SMARTS) is 1. The molecular weight excluding hydrogens is 287 g/mol. The third-order valence-corrected chi connectivity index (χ3v) is 3.44. The molecule has 2 rings (SSSR count). The van der Waals surface area contributed by atoms with Crippen molar-refractivity contribution in [2.75, 3.05) is 6.54 Å². The Kier molecular flexibility index (Phi) is 4.20. The second-order valence-corrected chi connectivity index (χ2v) is 5.02. The predicted octanol–water partition coefficient (Wildman–Crippen LogP) is 2.08. The summed E-state index contributed by atoms with van der Waals surface area (Å²) in [6.45, 7) is 0.271. The van der Waals surface area contributed by atoms with E-state index < -0.39 is 29.5 Å². The number of aliphatic carboxylic acids is 1. The number of hydrogen-bond donors (Lipinski definition) is 2. The van der Waals surface area contributed by atoms with Gasteiger partial charge in [0, 0.05) is 6.54 Å². The zero-order valence-corrected chi connectivity index (χ0v) is 11.0. The van der Waals surface area contributed by atoms with E-state index in [1.165, 1.54) is 12.1 Å². The smallest absolute Gasteiger partial charge is 0.416 e. The van der Waals surface area contributed by atoms with Gasteiger partial charge < -0.3 is 10.4 Å². The first-order chi connectivity index (χ1) is 9.79. The van der Waals surface area contributed by atoms with Crippen LogP contribution in [0, 0.1) is 11.8 Å². The molecule has 2 atom stereocenters. The lowest BCUT2D eigenvalue weighted by Crippen LogP contribution is -2.28. The van der Waals surface area contributed by atoms with Gasteiger partial charge >= 0.3 is 12.1 Å². The van der Waals surface area contributed by atoms with Gasteiger partial charge in [-0.05, 0) is 30.5 Å². The Bertz CT molecular complexity index is 539. The van der Waals surface area contributed by atoms with Crippen molar-refractivity contribution >= 4 is 11.9 Å². The quantitative estimate of drug-likeness (QED) is 0.875. The minimum Gasteiger partial charge on any atom is -0.481 e. The molecule has 0 aliphatic heterocycles. The number of alkyl halides is 3. The highest BCUT2D eigenvalue weighted by atomic mass is 19.4. The summed E-state index contributed by atoms with van der Waals surface area (Å²) < 4.78 is 37.1. The Morgan fingerprint density at radius 3 is 2.29 bits per heavy atom. The van der Waals surface area contributed by atoms with Crippen molar-refractivity contribution in [2.24, 2.45) is 11.8 Å². The van der Waals surface area contributed by atoms with Gasteiger partial charge in [-0.2, -0.15) is 13.2 Å². The van der Waals surface area contributed by atoms with E-state index in [1.54, 1.807) is 0 Å². The molecule has 1 amide bonds. The third-order valence-electron chi connectivity index (χ3n) is 3.44. The minimum atomic E-state index is -4.36. The average Bonchev–Trinajstić information content (AvgIpc) is 3.18. The van der Waals surface area contributed by atoms with E-state index in [-0.39, 0.29) is 12.5 Å². The van der Waals surface area contributed by atoms with E-state index in [4.69, 9.17) is 5.11 Å². The second-order valence-electron chi connectivity index (χ2n) is 5.02. The lowest BCUT2D eigenvalue weighted by molar-refractivity contribution is -0.140. The van der Waals surface area contributed by atoms with E-state index in [9.17, 15) is 22.8 Å². The first-order valence-corrected chi connectivity index (χ1v) is 6.45. The summed E-state index contributed by atoms with van der Waals surface area (Å²) in [5.41, 5.74) is -0.0357. The van der Waals surface area contributed by atoms with Crippen LogP contribution in [-0.4, -0.2) is 23.5 Å². The molecule has 1 aliphatic rings. The van der Waals surface area contributed by atoms with Crippen LogP contribution in [-0.2, 0) is 22.2 Å². The first kappa shape index (κ1) is 15.3. The predicted molar refractivity (Wildman–Crippen MR) is 67.4 cm³/mol. The minimum absolute atomic E-state index is 0.271. The number of carbonyl (C=O) groups is 2. The molecule has 1 aromatic carbocycles. The molecule has 0 spiro atoms. The molecule has 114 valence electrons. The lowest BCUT2D eigenvalue weighted by atomic mass is 10.1. The van der Waals surface area contributed by atoms with Gasteiger partial charge in [0.2, 0.25) is 5.91 Å². The van der Waals surface area contributed by atoms with E-state index in [0.717, 1.165) is 12.1 Å². The summed E-state index contributed by atoms with van der Waals surface area (Å²) in [5, 5.41) is 11.3. The second kappa shape index (κ2) is 5.75. The molecule has 0 heterocycles. The van der Waals surface area contributed by atoms with E-state index in [1.807, 2.05) is 0 Å². The van der Waals surface area contributed by atoms with E-state index >= 15 is 0 Å². The van der Waals surface area contributed by atoms with Gasteiger partial charge in [-0.25, -0.2) is 0 Å². The zero-order chi connectivity index (χ0) is 15.6. The molecule has 1 aliphatic carbocycles. The zero-order valence-electron chi connectivity index (χ0n) is 11.0. The fourth-order valence-electron chi connectivity index (χ4n) is 2.08. The van der Waals surface area contributed by atoms with Crippen molar-refractivity contribution in [3.63, 3.8) is 0 Å². The normalized spacial score (nSPS) is 20.9. The summed E-state index contributed by atoms with van der Waals surface area (Å²) >= 11 is 0. The molecule has 0 aromatic heterocycles. The number of rotatable bonds is 5. The van der Waals surface area contributed by atoms with Crippen molar-refractivity contribution in [1.82, 2.24) is 5.32 Å². The molecule has 2 N–H and O–H groups in total. The highest BCUT2D eigenvalue weighted by molar-refractivity contribution is 5.89. The molecule has 0 radical (unpaired) electrons. The van der Waals surface area contributed by atoms with Gasteiger partial charge in [0.05, 0.1) is 17.4 Å². The monoisotopic (exact) mass is 301 g/mol. The number of carbonyl (C=O) groups excluding carboxylic acids is 1. The van der Waals surface area contributed by atoms with Crippen LogP contribution in [0.25, 0.3) is 0 Å². The van der Waals surface area contributed by atoms with Crippen molar-refractivity contribution < 1.29 is 27.9 Å². The molecule has 0 bridgehead atoms. The van der Waals surface area contributed by atoms with Crippen LogP contribution in [0.5, 0.6) is 0 Å². The highest BCUT2D eigenvalue weighted by Gasteiger charge is 2.48. The molecule has 7 heteroatoms. The molecular formula is C14H14F3NO3. The summed E-state index contributed by atoms with van der Waals surface area (Å²) in [6, 6.07) is 4.73. The van der Waals surface area contributed by atoms with Crippen LogP contribution in [0.3, 0.4) is 0 Å². The molecule has 0 saturated heterocycles. The Labute approximate surface area is 119 Å². The Balaban J connectivity index is 1.77. The van der Waals surface area contributed by atoms with Crippen LogP contribution in [0.15, 0.2) is 24.3 Å². The fraction of sp³-hybridized carbons (Fsp3) is 0.429. The third kappa shape index (κ3) is 3.96. The van der Waals surface area contributed by atoms with Crippen LogP contribution in [0.1, 0.15) is 17.5 Å². The number of halogens is 3. The van der Waals surface area contributed by atoms with Gasteiger partial charge in [0.25, 0.3) is 0 Å². The van der Waals surface area contributed by atoms with Gasteiger partial charge in [0.1, 0.15) is 0 Å². The molecule has 1 aromatic rings. The first-order valence-electron chi connectivity index (χ1n) is 6.45. The summed E-state index contributed by atoms with van der Waals surface area (Å²) in [7, 11) is 0. The van der Waals surface area contributed by atoms with E-state index in [0.29, 0.717) is 18.4 Å². The maximum absolute atomic E-state index is 12.4. The van der Waals surface area contributed by atoms with Gasteiger partial charge in [-0.1, -0.05) is 12.1 Å². The highest BCUT2D eigenvalue weighted by Crippen LogP contribution is 2.38. The van der Waals surface area contributed by atoms with Crippen molar-refractivity contribution in [3.8, 4) is 0 Å². The van der Waals surface area contributed by atoms with Crippen molar-refractivity contribution in [2.45, 2.75) is 19.0 Å². The summed E-state index contributed by atoms with van der Waals surface area (Å²) in [6.07, 6.45) is -3.61. The van der Waals surface area contributed by atoms with Crippen molar-refractivity contribution in [1.29, 1.82) is 0 Å². The largest absolute Gasteiger partial charge is 0.481 e. The topological polar surface area (TPSA) is 66.4 Å². The number of hydrogen-bond acceptors (Lipinski definition) is 2. The van der Waals surface area contributed by atoms with Gasteiger partial charge in [-0.3, -0.25) is 9.59 Å². The maximum Gasteiger partial charge on any atom is 0.416 e. The Morgan fingerprint density at radius 2 is 1.81 bits per heavy atom. The molecule has 1 fully saturated rings. The lowest BCUT2D eigenvalue weighted by Gasteiger charge is -2.08. The van der Waals surface area contributed by atoms with Gasteiger partial charge in [-0.15, -0.1) is 0 Å². The Hall–Kier alpha value is -2.05. The van der Waals surface area contributed by atoms with E-state index in [2.05, 4.69) is 5.32 Å². The van der Waals surface area contributed by atoms with Crippen LogP contribution in [0.2, 0.25) is 0 Å².